The number of amides is 2. The number of hydrogen-bond donors (Lipinski definition) is 2. The maximum atomic E-state index is 12.1. The van der Waals surface area contributed by atoms with Crippen molar-refractivity contribution in [1.29, 1.82) is 0 Å². The topological polar surface area (TPSA) is 119 Å². The van der Waals surface area contributed by atoms with E-state index in [1.165, 1.54) is 14.0 Å². The van der Waals surface area contributed by atoms with Crippen molar-refractivity contribution in [3.63, 3.8) is 0 Å². The second-order valence-electron chi connectivity index (χ2n) is 5.94. The van der Waals surface area contributed by atoms with Crippen molar-refractivity contribution in [2.24, 2.45) is 7.05 Å². The average molecular weight is 374 g/mol. The van der Waals surface area contributed by atoms with Gasteiger partial charge in [-0.3, -0.25) is 19.2 Å². The number of carbonyl (C=O) groups is 3. The highest BCUT2D eigenvalue weighted by molar-refractivity contribution is 5.89. The van der Waals surface area contributed by atoms with Gasteiger partial charge in [-0.05, 0) is 19.9 Å². The Labute approximate surface area is 155 Å². The Morgan fingerprint density at radius 3 is 2.56 bits per heavy atom. The number of aryl methyl sites for hydroxylation is 1. The number of nitrogens with one attached hydrogen (secondary N) is 2. The Kier molecular flexibility index (Phi) is 6.64. The van der Waals surface area contributed by atoms with Crippen molar-refractivity contribution in [1.82, 2.24) is 20.4 Å². The van der Waals surface area contributed by atoms with Crippen LogP contribution in [0.5, 0.6) is 0 Å². The van der Waals surface area contributed by atoms with Crippen LogP contribution < -0.4 is 16.2 Å². The van der Waals surface area contributed by atoms with E-state index in [1.54, 1.807) is 31.2 Å². The van der Waals surface area contributed by atoms with Crippen molar-refractivity contribution < 1.29 is 19.1 Å². The highest BCUT2D eigenvalue weighted by Gasteiger charge is 2.17. The van der Waals surface area contributed by atoms with Gasteiger partial charge in [0.25, 0.3) is 11.5 Å². The minimum absolute atomic E-state index is 0.187. The fourth-order valence-corrected chi connectivity index (χ4v) is 2.52. The Hall–Kier alpha value is -3.23. The molecule has 0 fully saturated rings. The number of likely N-dealkylation sites (N-methyl/N-ethyl adjacent to an activating group) is 1. The summed E-state index contributed by atoms with van der Waals surface area (Å²) in [5, 5.41) is 10.1. The first kappa shape index (κ1) is 20.1. The zero-order valence-electron chi connectivity index (χ0n) is 15.4. The second kappa shape index (κ2) is 8.93. The normalized spacial score (nSPS) is 11.7. The van der Waals surface area contributed by atoms with Crippen molar-refractivity contribution in [3.8, 4) is 0 Å². The largest absolute Gasteiger partial charge is 0.455 e. The van der Waals surface area contributed by atoms with Gasteiger partial charge >= 0.3 is 5.97 Å². The molecule has 0 bridgehead atoms. The summed E-state index contributed by atoms with van der Waals surface area (Å²) in [6, 6.07) is 6.10. The molecule has 1 aromatic carbocycles. The van der Waals surface area contributed by atoms with Crippen molar-refractivity contribution in [2.75, 3.05) is 13.2 Å². The van der Waals surface area contributed by atoms with Crippen LogP contribution in [0.3, 0.4) is 0 Å². The summed E-state index contributed by atoms with van der Waals surface area (Å²) in [5.74, 6) is -1.56. The maximum Gasteiger partial charge on any atom is 0.312 e. The van der Waals surface area contributed by atoms with E-state index in [-0.39, 0.29) is 17.9 Å². The highest BCUT2D eigenvalue weighted by Crippen LogP contribution is 2.13. The molecule has 27 heavy (non-hydrogen) atoms. The number of ether oxygens (including phenoxy) is 1. The van der Waals surface area contributed by atoms with Gasteiger partial charge in [0.05, 0.1) is 17.5 Å². The van der Waals surface area contributed by atoms with Gasteiger partial charge in [0, 0.05) is 19.0 Å². The number of hydrogen-bond acceptors (Lipinski definition) is 6. The summed E-state index contributed by atoms with van der Waals surface area (Å²) < 4.78 is 6.12. The lowest BCUT2D eigenvalue weighted by atomic mass is 10.1. The van der Waals surface area contributed by atoms with E-state index in [0.29, 0.717) is 23.0 Å². The zero-order chi connectivity index (χ0) is 20.0. The highest BCUT2D eigenvalue weighted by atomic mass is 16.5. The van der Waals surface area contributed by atoms with E-state index in [2.05, 4.69) is 15.7 Å². The predicted molar refractivity (Wildman–Crippen MR) is 97.9 cm³/mol. The number of nitrogens with zero attached hydrogens (tertiary/aromatic N) is 2. The molecular weight excluding hydrogens is 352 g/mol. The number of rotatable bonds is 7. The number of carbonyl (C=O) groups excluding carboxylic acids is 3. The van der Waals surface area contributed by atoms with Crippen LogP contribution in [0.15, 0.2) is 29.1 Å². The van der Waals surface area contributed by atoms with E-state index in [1.807, 2.05) is 0 Å². The van der Waals surface area contributed by atoms with E-state index in [0.717, 1.165) is 4.68 Å². The molecule has 144 valence electrons. The molecule has 0 aliphatic rings. The van der Waals surface area contributed by atoms with Crippen LogP contribution in [-0.4, -0.2) is 46.8 Å². The molecule has 0 saturated carbocycles. The van der Waals surface area contributed by atoms with E-state index in [4.69, 9.17) is 4.74 Å². The Morgan fingerprint density at radius 1 is 1.22 bits per heavy atom. The summed E-state index contributed by atoms with van der Waals surface area (Å²) in [7, 11) is 1.50. The Morgan fingerprint density at radius 2 is 1.89 bits per heavy atom. The van der Waals surface area contributed by atoms with Gasteiger partial charge in [-0.25, -0.2) is 4.68 Å². The van der Waals surface area contributed by atoms with Gasteiger partial charge in [-0.2, -0.15) is 5.10 Å². The molecular formula is C18H22N4O5. The van der Waals surface area contributed by atoms with Crippen LogP contribution >= 0.6 is 0 Å². The second-order valence-corrected chi connectivity index (χ2v) is 5.94. The van der Waals surface area contributed by atoms with E-state index < -0.39 is 24.5 Å². The Bertz CT molecular complexity index is 922. The molecule has 1 atom stereocenters. The zero-order valence-corrected chi connectivity index (χ0v) is 15.4. The van der Waals surface area contributed by atoms with E-state index in [9.17, 15) is 19.2 Å². The first-order chi connectivity index (χ1) is 12.8. The third kappa shape index (κ3) is 5.13. The summed E-state index contributed by atoms with van der Waals surface area (Å²) in [5.41, 5.74) is 0.121. The minimum atomic E-state index is -0.731. The molecule has 1 aromatic heterocycles. The molecule has 0 radical (unpaired) electrons. The number of esters is 1. The molecule has 0 saturated heterocycles. The number of benzene rings is 1. The first-order valence-corrected chi connectivity index (χ1v) is 8.51. The first-order valence-electron chi connectivity index (χ1n) is 8.51. The Balaban J connectivity index is 1.98. The van der Waals surface area contributed by atoms with Gasteiger partial charge in [-0.1, -0.05) is 18.2 Å². The van der Waals surface area contributed by atoms with Crippen LogP contribution in [0.1, 0.15) is 19.5 Å². The molecule has 2 amide bonds. The number of fused-ring (bicyclic) bond motifs is 1. The fourth-order valence-electron chi connectivity index (χ4n) is 2.52. The molecule has 2 rings (SSSR count). The van der Waals surface area contributed by atoms with Gasteiger partial charge in [-0.15, -0.1) is 0 Å². The molecule has 1 heterocycles. The molecule has 0 aliphatic carbocycles. The lowest BCUT2D eigenvalue weighted by molar-refractivity contribution is -0.148. The third-order valence-corrected chi connectivity index (χ3v) is 3.83. The lowest BCUT2D eigenvalue weighted by Gasteiger charge is -2.13. The van der Waals surface area contributed by atoms with Crippen molar-refractivity contribution >= 4 is 28.6 Å². The molecule has 2 N–H and O–H groups in total. The molecule has 9 heteroatoms. The smallest absolute Gasteiger partial charge is 0.312 e. The average Bonchev–Trinajstić information content (AvgIpc) is 2.64. The van der Waals surface area contributed by atoms with Crippen LogP contribution in [0.2, 0.25) is 0 Å². The maximum absolute atomic E-state index is 12.1. The van der Waals surface area contributed by atoms with Gasteiger partial charge in [0.1, 0.15) is 6.04 Å². The summed E-state index contributed by atoms with van der Waals surface area (Å²) in [6.45, 7) is 3.25. The molecule has 9 nitrogen and oxygen atoms in total. The minimum Gasteiger partial charge on any atom is -0.455 e. The van der Waals surface area contributed by atoms with Crippen LogP contribution in [0.4, 0.5) is 0 Å². The van der Waals surface area contributed by atoms with E-state index >= 15 is 0 Å². The van der Waals surface area contributed by atoms with Crippen molar-refractivity contribution in [3.05, 3.63) is 40.3 Å². The van der Waals surface area contributed by atoms with Gasteiger partial charge in [0.2, 0.25) is 5.91 Å². The standard InChI is InChI=1S/C18H22N4O5/c1-4-19-17(25)11(2)20-15(23)10-27-16(24)9-14-12-7-5-6-8-13(12)18(26)22(3)21-14/h5-8,11H,4,9-10H2,1-3H3,(H,19,25)(H,20,23)/t11-/m1/s1. The molecule has 0 spiro atoms. The SMILES string of the molecule is CCNC(=O)[C@@H](C)NC(=O)COC(=O)Cc1nn(C)c(=O)c2ccccc12. The van der Waals surface area contributed by atoms with Crippen LogP contribution in [0, 0.1) is 0 Å². The molecule has 0 aliphatic heterocycles. The summed E-state index contributed by atoms with van der Waals surface area (Å²) in [6.07, 6.45) is -0.187. The lowest BCUT2D eigenvalue weighted by Crippen LogP contribution is -2.46. The van der Waals surface area contributed by atoms with Crippen LogP contribution in [-0.2, 0) is 32.6 Å². The fraction of sp³-hybridized carbons (Fsp3) is 0.389. The van der Waals surface area contributed by atoms with Gasteiger partial charge in [0.15, 0.2) is 6.61 Å². The number of aromatic nitrogens is 2. The monoisotopic (exact) mass is 374 g/mol. The van der Waals surface area contributed by atoms with Crippen molar-refractivity contribution in [2.45, 2.75) is 26.3 Å². The summed E-state index contributed by atoms with van der Waals surface area (Å²) in [4.78, 5) is 47.5. The quantitative estimate of drug-likeness (QED) is 0.640. The van der Waals surface area contributed by atoms with Crippen LogP contribution in [0.25, 0.3) is 10.8 Å². The van der Waals surface area contributed by atoms with Gasteiger partial charge < -0.3 is 15.4 Å². The molecule has 0 unspecified atom stereocenters. The predicted octanol–water partition coefficient (Wildman–Crippen LogP) is -0.340. The molecule has 2 aromatic rings. The summed E-state index contributed by atoms with van der Waals surface area (Å²) >= 11 is 0. The third-order valence-electron chi connectivity index (χ3n) is 3.83.